The van der Waals surface area contributed by atoms with Gasteiger partial charge in [-0.05, 0) is 56.3 Å². The van der Waals surface area contributed by atoms with E-state index in [4.69, 9.17) is 0 Å². The second kappa shape index (κ2) is 6.72. The van der Waals surface area contributed by atoms with Crippen molar-refractivity contribution in [3.05, 3.63) is 12.2 Å². The van der Waals surface area contributed by atoms with Crippen LogP contribution in [0.3, 0.4) is 0 Å². The van der Waals surface area contributed by atoms with E-state index in [2.05, 4.69) is 23.7 Å². The van der Waals surface area contributed by atoms with Crippen molar-refractivity contribution in [1.29, 1.82) is 0 Å². The number of hydrogen-bond donors (Lipinski definition) is 1. The van der Waals surface area contributed by atoms with E-state index in [1.807, 2.05) is 0 Å². The maximum Gasteiger partial charge on any atom is 0.0202 e. The molecule has 1 saturated carbocycles. The van der Waals surface area contributed by atoms with Gasteiger partial charge in [-0.3, -0.25) is 4.90 Å². The van der Waals surface area contributed by atoms with Crippen LogP contribution in [-0.4, -0.2) is 37.6 Å². The molecule has 0 bridgehead atoms. The van der Waals surface area contributed by atoms with Gasteiger partial charge in [-0.15, -0.1) is 0 Å². The predicted octanol–water partition coefficient (Wildman–Crippen LogP) is 3.20. The van der Waals surface area contributed by atoms with Gasteiger partial charge in [0.2, 0.25) is 0 Å². The Morgan fingerprint density at radius 1 is 1.11 bits per heavy atom. The van der Waals surface area contributed by atoms with E-state index in [1.165, 1.54) is 63.6 Å². The van der Waals surface area contributed by atoms with Gasteiger partial charge in [0.15, 0.2) is 0 Å². The fourth-order valence-corrected chi connectivity index (χ4v) is 3.66. The minimum Gasteiger partial charge on any atom is -0.313 e. The summed E-state index contributed by atoms with van der Waals surface area (Å²) in [7, 11) is 0. The molecule has 1 heterocycles. The Hall–Kier alpha value is -0.340. The summed E-state index contributed by atoms with van der Waals surface area (Å²) in [5, 5.41) is 3.37. The zero-order valence-corrected chi connectivity index (χ0v) is 12.1. The number of rotatable bonds is 5. The second-order valence-corrected chi connectivity index (χ2v) is 6.37. The average Bonchev–Trinajstić information content (AvgIpc) is 2.40. The number of piperidine rings is 1. The molecule has 0 aromatic carbocycles. The zero-order chi connectivity index (χ0) is 12.8. The summed E-state index contributed by atoms with van der Waals surface area (Å²) in [6.45, 7) is 12.1. The number of likely N-dealkylation sites (tertiary alicyclic amines) is 1. The van der Waals surface area contributed by atoms with Crippen molar-refractivity contribution in [3.63, 3.8) is 0 Å². The first kappa shape index (κ1) is 14.1. The highest BCUT2D eigenvalue weighted by Crippen LogP contribution is 2.44. The number of hydrogen-bond acceptors (Lipinski definition) is 2. The maximum absolute atomic E-state index is 4.19. The third-order valence-electron chi connectivity index (χ3n) is 4.90. The minimum absolute atomic E-state index is 0.734. The average molecular weight is 250 g/mol. The molecule has 1 saturated heterocycles. The molecule has 18 heavy (non-hydrogen) atoms. The van der Waals surface area contributed by atoms with E-state index < -0.39 is 0 Å². The fraction of sp³-hybridized carbons (Fsp3) is 0.875. The maximum atomic E-state index is 4.19. The molecule has 2 heteroatoms. The van der Waals surface area contributed by atoms with Crippen LogP contribution < -0.4 is 5.32 Å². The van der Waals surface area contributed by atoms with Crippen LogP contribution >= 0.6 is 0 Å². The Morgan fingerprint density at radius 2 is 1.78 bits per heavy atom. The lowest BCUT2D eigenvalue weighted by Crippen LogP contribution is -2.42. The van der Waals surface area contributed by atoms with Crippen LogP contribution in [0.4, 0.5) is 0 Å². The van der Waals surface area contributed by atoms with Gasteiger partial charge in [-0.25, -0.2) is 0 Å². The van der Waals surface area contributed by atoms with Gasteiger partial charge in [0.25, 0.3) is 0 Å². The Balaban J connectivity index is 1.71. The van der Waals surface area contributed by atoms with Crippen LogP contribution in [0.15, 0.2) is 12.2 Å². The molecule has 1 aliphatic carbocycles. The van der Waals surface area contributed by atoms with Gasteiger partial charge in [-0.2, -0.15) is 0 Å². The Morgan fingerprint density at radius 3 is 2.39 bits per heavy atom. The summed E-state index contributed by atoms with van der Waals surface area (Å²) in [5.74, 6) is 0. The van der Waals surface area contributed by atoms with Gasteiger partial charge in [-0.1, -0.05) is 32.8 Å². The Bertz CT molecular complexity index is 256. The molecule has 2 nitrogen and oxygen atoms in total. The minimum atomic E-state index is 0.734. The first-order valence-electron chi connectivity index (χ1n) is 7.84. The molecule has 104 valence electrons. The first-order valence-corrected chi connectivity index (χ1v) is 7.84. The molecule has 1 spiro atoms. The third kappa shape index (κ3) is 3.83. The largest absolute Gasteiger partial charge is 0.313 e. The van der Waals surface area contributed by atoms with E-state index in [0.29, 0.717) is 0 Å². The van der Waals surface area contributed by atoms with Crippen LogP contribution in [0.25, 0.3) is 0 Å². The van der Waals surface area contributed by atoms with Gasteiger partial charge >= 0.3 is 0 Å². The fourth-order valence-electron chi connectivity index (χ4n) is 3.66. The summed E-state index contributed by atoms with van der Waals surface area (Å²) in [5.41, 5.74) is 2.08. The molecule has 1 N–H and O–H groups in total. The molecule has 0 atom stereocenters. The van der Waals surface area contributed by atoms with Crippen molar-refractivity contribution in [2.75, 3.05) is 32.7 Å². The van der Waals surface area contributed by atoms with Crippen molar-refractivity contribution in [1.82, 2.24) is 10.2 Å². The predicted molar refractivity (Wildman–Crippen MR) is 78.9 cm³/mol. The number of nitrogens with zero attached hydrogens (tertiary/aromatic N) is 1. The highest BCUT2D eigenvalue weighted by atomic mass is 15.1. The third-order valence-corrected chi connectivity index (χ3v) is 4.90. The topological polar surface area (TPSA) is 15.3 Å². The van der Waals surface area contributed by atoms with Crippen LogP contribution in [0.5, 0.6) is 0 Å². The Kier molecular flexibility index (Phi) is 5.25. The molecule has 0 unspecified atom stereocenters. The van der Waals surface area contributed by atoms with Crippen LogP contribution in [0.1, 0.15) is 51.9 Å². The standard InChI is InChI=1S/C16H30N2/c1-3-17-13-15(2)14-18-11-9-16(10-12-18)7-5-4-6-8-16/h17H,2-14H2,1H3. The highest BCUT2D eigenvalue weighted by Gasteiger charge is 2.35. The smallest absolute Gasteiger partial charge is 0.0202 e. The summed E-state index contributed by atoms with van der Waals surface area (Å²) in [6, 6.07) is 0. The lowest BCUT2D eigenvalue weighted by atomic mass is 9.68. The summed E-state index contributed by atoms with van der Waals surface area (Å²) in [6.07, 6.45) is 10.3. The van der Waals surface area contributed by atoms with Gasteiger partial charge in [0.05, 0.1) is 0 Å². The van der Waals surface area contributed by atoms with E-state index in [-0.39, 0.29) is 0 Å². The second-order valence-electron chi connectivity index (χ2n) is 6.37. The summed E-state index contributed by atoms with van der Waals surface area (Å²) >= 11 is 0. The molecule has 0 aromatic rings. The lowest BCUT2D eigenvalue weighted by molar-refractivity contribution is 0.0723. The highest BCUT2D eigenvalue weighted by molar-refractivity contribution is 5.01. The number of nitrogens with one attached hydrogen (secondary N) is 1. The number of likely N-dealkylation sites (N-methyl/N-ethyl adjacent to an activating group) is 1. The van der Waals surface area contributed by atoms with Gasteiger partial charge in [0.1, 0.15) is 0 Å². The van der Waals surface area contributed by atoms with Crippen molar-refractivity contribution in [3.8, 4) is 0 Å². The Labute approximate surface area is 113 Å². The van der Waals surface area contributed by atoms with E-state index in [9.17, 15) is 0 Å². The summed E-state index contributed by atoms with van der Waals surface area (Å²) < 4.78 is 0. The van der Waals surface area contributed by atoms with Gasteiger partial charge < -0.3 is 5.32 Å². The van der Waals surface area contributed by atoms with Crippen LogP contribution in [-0.2, 0) is 0 Å². The molecule has 2 fully saturated rings. The lowest BCUT2D eigenvalue weighted by Gasteiger charge is -2.44. The molecule has 0 aromatic heterocycles. The monoisotopic (exact) mass is 250 g/mol. The first-order chi connectivity index (χ1) is 8.74. The van der Waals surface area contributed by atoms with Crippen molar-refractivity contribution < 1.29 is 0 Å². The van der Waals surface area contributed by atoms with Gasteiger partial charge in [0, 0.05) is 13.1 Å². The molecule has 1 aliphatic heterocycles. The van der Waals surface area contributed by atoms with Crippen LogP contribution in [0.2, 0.25) is 0 Å². The van der Waals surface area contributed by atoms with E-state index >= 15 is 0 Å². The molecule has 2 aliphatic rings. The van der Waals surface area contributed by atoms with Crippen molar-refractivity contribution >= 4 is 0 Å². The SMILES string of the molecule is C=C(CNCC)CN1CCC2(CCCCC2)CC1. The molecular weight excluding hydrogens is 220 g/mol. The van der Waals surface area contributed by atoms with E-state index in [0.717, 1.165) is 25.0 Å². The van der Waals surface area contributed by atoms with Crippen molar-refractivity contribution in [2.45, 2.75) is 51.9 Å². The quantitative estimate of drug-likeness (QED) is 0.754. The van der Waals surface area contributed by atoms with Crippen LogP contribution in [0, 0.1) is 5.41 Å². The molecule has 0 amide bonds. The molecular formula is C16H30N2. The normalized spacial score (nSPS) is 24.3. The zero-order valence-electron chi connectivity index (χ0n) is 12.1. The van der Waals surface area contributed by atoms with Crippen molar-refractivity contribution in [2.24, 2.45) is 5.41 Å². The molecule has 0 radical (unpaired) electrons. The molecule has 2 rings (SSSR count). The summed E-state index contributed by atoms with van der Waals surface area (Å²) in [4.78, 5) is 2.61. The van der Waals surface area contributed by atoms with E-state index in [1.54, 1.807) is 0 Å².